The number of rotatable bonds is 2. The lowest BCUT2D eigenvalue weighted by Crippen LogP contribution is -2.21. The fourth-order valence-corrected chi connectivity index (χ4v) is 3.29. The number of carbonyl (C=O) groups is 1. The number of amides is 1. The summed E-state index contributed by atoms with van der Waals surface area (Å²) in [6.45, 7) is 0. The number of hydrogen-bond acceptors (Lipinski definition) is 4. The standard InChI is InChI=1S/C15H10N4OS2/c20-13-10(16-14(21)18-13)8-11-12(9-4-2-1-3-5-9)17-15-19(11)6-7-22-15/h1-8H,(H2,16,18,20,21)/b10-8+. The maximum absolute atomic E-state index is 11.9. The third kappa shape index (κ3) is 2.11. The molecule has 1 amide bonds. The van der Waals surface area contributed by atoms with Crippen LogP contribution in [0.1, 0.15) is 5.69 Å². The summed E-state index contributed by atoms with van der Waals surface area (Å²) in [7, 11) is 0. The number of imidazole rings is 1. The first-order valence-corrected chi connectivity index (χ1v) is 7.86. The fourth-order valence-electron chi connectivity index (χ4n) is 2.37. The van der Waals surface area contributed by atoms with E-state index in [4.69, 9.17) is 12.2 Å². The van der Waals surface area contributed by atoms with Crippen LogP contribution < -0.4 is 10.6 Å². The third-order valence-electron chi connectivity index (χ3n) is 3.35. The zero-order valence-corrected chi connectivity index (χ0v) is 12.9. The lowest BCUT2D eigenvalue weighted by atomic mass is 10.1. The summed E-state index contributed by atoms with van der Waals surface area (Å²) < 4.78 is 1.97. The van der Waals surface area contributed by atoms with Gasteiger partial charge in [-0.05, 0) is 18.3 Å². The van der Waals surface area contributed by atoms with Gasteiger partial charge in [-0.1, -0.05) is 30.3 Å². The van der Waals surface area contributed by atoms with Crippen LogP contribution in [-0.4, -0.2) is 20.4 Å². The zero-order chi connectivity index (χ0) is 15.1. The maximum atomic E-state index is 11.9. The van der Waals surface area contributed by atoms with Gasteiger partial charge in [-0.15, -0.1) is 11.3 Å². The second-order valence-electron chi connectivity index (χ2n) is 4.73. The summed E-state index contributed by atoms with van der Waals surface area (Å²) in [5, 5.41) is 7.73. The Bertz CT molecular complexity index is 924. The van der Waals surface area contributed by atoms with Crippen molar-refractivity contribution >= 4 is 45.6 Å². The smallest absolute Gasteiger partial charge is 0.273 e. The molecule has 0 atom stereocenters. The van der Waals surface area contributed by atoms with Gasteiger partial charge in [-0.25, -0.2) is 4.98 Å². The highest BCUT2D eigenvalue weighted by Crippen LogP contribution is 2.28. The molecule has 1 fully saturated rings. The molecule has 1 aromatic carbocycles. The Hall–Kier alpha value is -2.51. The average molecular weight is 326 g/mol. The number of carbonyl (C=O) groups excluding carboxylic acids is 1. The Balaban J connectivity index is 1.92. The summed E-state index contributed by atoms with van der Waals surface area (Å²) in [5.74, 6) is -0.228. The van der Waals surface area contributed by atoms with Gasteiger partial charge >= 0.3 is 0 Å². The molecule has 0 radical (unpaired) electrons. The highest BCUT2D eigenvalue weighted by molar-refractivity contribution is 7.80. The van der Waals surface area contributed by atoms with E-state index >= 15 is 0 Å². The molecule has 108 valence electrons. The van der Waals surface area contributed by atoms with Crippen LogP contribution in [0, 0.1) is 0 Å². The Labute approximate surface area is 135 Å². The summed E-state index contributed by atoms with van der Waals surface area (Å²) >= 11 is 6.52. The van der Waals surface area contributed by atoms with Crippen LogP contribution in [0.5, 0.6) is 0 Å². The van der Waals surface area contributed by atoms with Crippen molar-refractivity contribution in [3.63, 3.8) is 0 Å². The molecule has 1 saturated heterocycles. The van der Waals surface area contributed by atoms with Crippen LogP contribution in [0.4, 0.5) is 0 Å². The molecule has 0 bridgehead atoms. The van der Waals surface area contributed by atoms with Crippen LogP contribution in [0.25, 0.3) is 22.3 Å². The molecule has 3 aromatic rings. The van der Waals surface area contributed by atoms with E-state index in [0.717, 1.165) is 21.9 Å². The third-order valence-corrected chi connectivity index (χ3v) is 4.31. The molecule has 7 heteroatoms. The first-order valence-electron chi connectivity index (χ1n) is 6.57. The quantitative estimate of drug-likeness (QED) is 0.561. The minimum absolute atomic E-state index is 0.228. The van der Waals surface area contributed by atoms with Gasteiger partial charge in [0.05, 0.1) is 11.4 Å². The molecular formula is C15H10N4OS2. The van der Waals surface area contributed by atoms with E-state index in [0.29, 0.717) is 10.8 Å². The maximum Gasteiger partial charge on any atom is 0.273 e. The molecule has 22 heavy (non-hydrogen) atoms. The molecule has 5 nitrogen and oxygen atoms in total. The van der Waals surface area contributed by atoms with Gasteiger partial charge in [0.25, 0.3) is 5.91 Å². The number of aromatic nitrogens is 2. The molecule has 3 heterocycles. The largest absolute Gasteiger partial charge is 0.328 e. The summed E-state index contributed by atoms with van der Waals surface area (Å²) in [6.07, 6.45) is 3.72. The van der Waals surface area contributed by atoms with Crippen molar-refractivity contribution in [2.75, 3.05) is 0 Å². The zero-order valence-electron chi connectivity index (χ0n) is 11.2. The van der Waals surface area contributed by atoms with E-state index in [2.05, 4.69) is 15.6 Å². The predicted octanol–water partition coefficient (Wildman–Crippen LogP) is 2.41. The number of thiocarbonyl (C=S) groups is 1. The van der Waals surface area contributed by atoms with E-state index in [1.807, 2.05) is 46.3 Å². The Morgan fingerprint density at radius 2 is 2.05 bits per heavy atom. The second kappa shape index (κ2) is 5.04. The van der Waals surface area contributed by atoms with Crippen molar-refractivity contribution in [2.24, 2.45) is 0 Å². The monoisotopic (exact) mass is 326 g/mol. The molecule has 0 unspecified atom stereocenters. The molecular weight excluding hydrogens is 316 g/mol. The van der Waals surface area contributed by atoms with E-state index in [1.165, 1.54) is 0 Å². The number of thiazole rings is 1. The van der Waals surface area contributed by atoms with Gasteiger partial charge in [0.15, 0.2) is 10.1 Å². The van der Waals surface area contributed by atoms with E-state index in [9.17, 15) is 4.79 Å². The first kappa shape index (κ1) is 13.2. The highest BCUT2D eigenvalue weighted by Gasteiger charge is 2.22. The topological polar surface area (TPSA) is 58.4 Å². The van der Waals surface area contributed by atoms with Gasteiger partial charge in [0, 0.05) is 17.1 Å². The lowest BCUT2D eigenvalue weighted by molar-refractivity contribution is -0.115. The SMILES string of the molecule is O=C1NC(=S)N/C1=C/c1c(-c2ccccc2)nc2sccn12. The minimum atomic E-state index is -0.228. The van der Waals surface area contributed by atoms with Crippen LogP contribution >= 0.6 is 23.6 Å². The number of hydrogen-bond donors (Lipinski definition) is 2. The average Bonchev–Trinajstić information content (AvgIpc) is 3.17. The summed E-state index contributed by atoms with van der Waals surface area (Å²) in [5.41, 5.74) is 3.12. The van der Waals surface area contributed by atoms with Crippen LogP contribution in [0.15, 0.2) is 47.6 Å². The van der Waals surface area contributed by atoms with Crippen LogP contribution in [0.3, 0.4) is 0 Å². The molecule has 0 saturated carbocycles. The number of nitrogens with one attached hydrogen (secondary N) is 2. The summed E-state index contributed by atoms with van der Waals surface area (Å²) in [4.78, 5) is 17.4. The number of fused-ring (bicyclic) bond motifs is 1. The molecule has 4 rings (SSSR count). The molecule has 1 aliphatic rings. The molecule has 1 aliphatic heterocycles. The predicted molar refractivity (Wildman–Crippen MR) is 90.4 cm³/mol. The summed E-state index contributed by atoms with van der Waals surface area (Å²) in [6, 6.07) is 9.90. The van der Waals surface area contributed by atoms with Crippen molar-refractivity contribution < 1.29 is 4.79 Å². The van der Waals surface area contributed by atoms with Crippen molar-refractivity contribution in [2.45, 2.75) is 0 Å². The van der Waals surface area contributed by atoms with Crippen molar-refractivity contribution in [1.82, 2.24) is 20.0 Å². The Kier molecular flexibility index (Phi) is 3.02. The molecule has 2 N–H and O–H groups in total. The van der Waals surface area contributed by atoms with E-state index in [-0.39, 0.29) is 5.91 Å². The number of benzene rings is 1. The van der Waals surface area contributed by atoms with E-state index < -0.39 is 0 Å². The fraction of sp³-hybridized carbons (Fsp3) is 0. The van der Waals surface area contributed by atoms with Gasteiger partial charge in [-0.3, -0.25) is 14.5 Å². The molecule has 0 aliphatic carbocycles. The first-order chi connectivity index (χ1) is 10.7. The van der Waals surface area contributed by atoms with Crippen LogP contribution in [0.2, 0.25) is 0 Å². The van der Waals surface area contributed by atoms with Crippen molar-refractivity contribution in [3.8, 4) is 11.3 Å². The van der Waals surface area contributed by atoms with Gasteiger partial charge in [0.1, 0.15) is 5.70 Å². The molecule has 2 aromatic heterocycles. The van der Waals surface area contributed by atoms with Crippen LogP contribution in [-0.2, 0) is 4.79 Å². The Morgan fingerprint density at radius 3 is 2.77 bits per heavy atom. The molecule has 0 spiro atoms. The second-order valence-corrected chi connectivity index (χ2v) is 6.01. The number of nitrogens with zero attached hydrogens (tertiary/aromatic N) is 2. The Morgan fingerprint density at radius 1 is 1.23 bits per heavy atom. The van der Waals surface area contributed by atoms with Gasteiger partial charge < -0.3 is 5.32 Å². The highest BCUT2D eigenvalue weighted by atomic mass is 32.1. The van der Waals surface area contributed by atoms with Crippen molar-refractivity contribution in [1.29, 1.82) is 0 Å². The van der Waals surface area contributed by atoms with E-state index in [1.54, 1.807) is 17.4 Å². The van der Waals surface area contributed by atoms with Crippen molar-refractivity contribution in [3.05, 3.63) is 53.3 Å². The minimum Gasteiger partial charge on any atom is -0.328 e. The van der Waals surface area contributed by atoms with Gasteiger partial charge in [0.2, 0.25) is 0 Å². The normalized spacial score (nSPS) is 16.3. The lowest BCUT2D eigenvalue weighted by Gasteiger charge is -2.01. The van der Waals surface area contributed by atoms with Gasteiger partial charge in [-0.2, -0.15) is 0 Å².